The van der Waals surface area contributed by atoms with Crippen LogP contribution in [0, 0.1) is 6.92 Å². The van der Waals surface area contributed by atoms with Crippen molar-refractivity contribution in [2.45, 2.75) is 38.1 Å². The average Bonchev–Trinajstić information content (AvgIpc) is 3.14. The third-order valence-electron chi connectivity index (χ3n) is 4.32. The fourth-order valence-electron chi connectivity index (χ4n) is 2.95. The number of alkyl halides is 3. The molecule has 3 rings (SSSR count). The van der Waals surface area contributed by atoms with Gasteiger partial charge in [0.25, 0.3) is 0 Å². The van der Waals surface area contributed by atoms with Gasteiger partial charge in [0, 0.05) is 6.07 Å². The molecular formula is C16H14Cl2F3N3O3. The van der Waals surface area contributed by atoms with Crippen molar-refractivity contribution in [3.63, 3.8) is 0 Å². The van der Waals surface area contributed by atoms with E-state index in [9.17, 15) is 23.1 Å². The molecule has 1 heterocycles. The Morgan fingerprint density at radius 1 is 1.41 bits per heavy atom. The Labute approximate surface area is 161 Å². The van der Waals surface area contributed by atoms with Gasteiger partial charge < -0.3 is 20.3 Å². The van der Waals surface area contributed by atoms with Crippen LogP contribution in [-0.2, 0) is 18.6 Å². The van der Waals surface area contributed by atoms with Crippen molar-refractivity contribution in [2.75, 3.05) is 5.32 Å². The monoisotopic (exact) mass is 423 g/mol. The van der Waals surface area contributed by atoms with E-state index in [1.54, 1.807) is 13.0 Å². The Bertz CT molecular complexity index is 901. The third kappa shape index (κ3) is 3.59. The normalized spacial score (nSPS) is 19.1. The van der Waals surface area contributed by atoms with Gasteiger partial charge >= 0.3 is 12.2 Å². The minimum absolute atomic E-state index is 0.0302. The molecule has 27 heavy (non-hydrogen) atoms. The second-order valence-electron chi connectivity index (χ2n) is 6.17. The topological polar surface area (TPSA) is 87.4 Å². The molecule has 2 aromatic rings. The number of hydrogen-bond donors (Lipinski definition) is 3. The molecule has 0 bridgehead atoms. The number of aryl methyl sites for hydroxylation is 1. The first-order chi connectivity index (χ1) is 12.5. The molecule has 6 nitrogen and oxygen atoms in total. The maximum Gasteiger partial charge on any atom is 0.421 e. The number of fused-ring (bicyclic) bond motifs is 1. The van der Waals surface area contributed by atoms with Crippen molar-refractivity contribution >= 4 is 34.9 Å². The molecule has 1 aliphatic carbocycles. The van der Waals surface area contributed by atoms with Gasteiger partial charge in [0.2, 0.25) is 0 Å². The molecule has 0 saturated heterocycles. The summed E-state index contributed by atoms with van der Waals surface area (Å²) >= 11 is 12.2. The van der Waals surface area contributed by atoms with Crippen molar-refractivity contribution in [3.8, 4) is 0 Å². The number of amides is 2. The highest BCUT2D eigenvalue weighted by Crippen LogP contribution is 2.52. The summed E-state index contributed by atoms with van der Waals surface area (Å²) in [5, 5.41) is 18.3. The van der Waals surface area contributed by atoms with Gasteiger partial charge in [-0.1, -0.05) is 28.4 Å². The highest BCUT2D eigenvalue weighted by Gasteiger charge is 2.58. The summed E-state index contributed by atoms with van der Waals surface area (Å²) in [6.45, 7) is 1.76. The van der Waals surface area contributed by atoms with Gasteiger partial charge in [-0.05, 0) is 37.0 Å². The molecule has 1 aliphatic rings. The third-order valence-corrected chi connectivity index (χ3v) is 5.03. The molecule has 0 radical (unpaired) electrons. The summed E-state index contributed by atoms with van der Waals surface area (Å²) in [5.74, 6) is 0.578. The van der Waals surface area contributed by atoms with E-state index in [2.05, 4.69) is 15.8 Å². The number of carbonyl (C=O) groups excluding carboxylic acids is 1. The van der Waals surface area contributed by atoms with Crippen LogP contribution in [-0.4, -0.2) is 22.5 Å². The quantitative estimate of drug-likeness (QED) is 0.686. The number of aromatic nitrogens is 1. The standard InChI is InChI=1S/C16H14Cl2F3N3O3/c1-7-4-8(24-27-7)6-22-14(25)23-13-11(17)5-10-9(12(13)18)2-3-15(10,26)16(19,20)21/h4-5,26H,2-3,6H2,1H3,(H2,22,23,25). The molecule has 1 unspecified atom stereocenters. The minimum atomic E-state index is -4.87. The second kappa shape index (κ2) is 6.88. The van der Waals surface area contributed by atoms with Gasteiger partial charge in [-0.2, -0.15) is 13.2 Å². The van der Waals surface area contributed by atoms with E-state index in [-0.39, 0.29) is 34.3 Å². The maximum absolute atomic E-state index is 13.2. The fourth-order valence-corrected chi connectivity index (χ4v) is 3.60. The first-order valence-electron chi connectivity index (χ1n) is 7.80. The van der Waals surface area contributed by atoms with Gasteiger partial charge in [0.05, 0.1) is 22.3 Å². The lowest BCUT2D eigenvalue weighted by atomic mass is 9.95. The van der Waals surface area contributed by atoms with E-state index in [1.165, 1.54) is 0 Å². The Kier molecular flexibility index (Phi) is 5.04. The average molecular weight is 424 g/mol. The van der Waals surface area contributed by atoms with Crippen LogP contribution in [0.3, 0.4) is 0 Å². The predicted molar refractivity (Wildman–Crippen MR) is 91.8 cm³/mol. The van der Waals surface area contributed by atoms with E-state index in [4.69, 9.17) is 27.7 Å². The van der Waals surface area contributed by atoms with Crippen molar-refractivity contribution in [3.05, 3.63) is 44.8 Å². The Balaban J connectivity index is 1.81. The zero-order chi connectivity index (χ0) is 20.0. The number of anilines is 1. The molecule has 0 saturated carbocycles. The highest BCUT2D eigenvalue weighted by molar-refractivity contribution is 6.40. The second-order valence-corrected chi connectivity index (χ2v) is 6.95. The number of aliphatic hydroxyl groups is 1. The van der Waals surface area contributed by atoms with Crippen LogP contribution in [0.5, 0.6) is 0 Å². The highest BCUT2D eigenvalue weighted by atomic mass is 35.5. The first kappa shape index (κ1) is 19.8. The summed E-state index contributed by atoms with van der Waals surface area (Å²) in [4.78, 5) is 12.1. The van der Waals surface area contributed by atoms with E-state index < -0.39 is 29.8 Å². The van der Waals surface area contributed by atoms with Gasteiger partial charge in [-0.3, -0.25) is 0 Å². The molecule has 11 heteroatoms. The summed E-state index contributed by atoms with van der Waals surface area (Å²) in [6.07, 6.45) is -5.54. The number of rotatable bonds is 3. The number of hydrogen-bond acceptors (Lipinski definition) is 4. The summed E-state index contributed by atoms with van der Waals surface area (Å²) in [7, 11) is 0. The lowest BCUT2D eigenvalue weighted by Gasteiger charge is -2.27. The van der Waals surface area contributed by atoms with E-state index in [0.717, 1.165) is 6.07 Å². The van der Waals surface area contributed by atoms with E-state index >= 15 is 0 Å². The zero-order valence-corrected chi connectivity index (χ0v) is 15.4. The van der Waals surface area contributed by atoms with Gasteiger partial charge in [0.1, 0.15) is 11.5 Å². The number of benzene rings is 1. The fraction of sp³-hybridized carbons (Fsp3) is 0.375. The number of halogens is 5. The maximum atomic E-state index is 13.2. The number of nitrogens with zero attached hydrogens (tertiary/aromatic N) is 1. The van der Waals surface area contributed by atoms with Crippen molar-refractivity contribution in [1.82, 2.24) is 10.5 Å². The smallest absolute Gasteiger partial charge is 0.376 e. The number of urea groups is 1. The minimum Gasteiger partial charge on any atom is -0.376 e. The SMILES string of the molecule is Cc1cc(CNC(=O)Nc2c(Cl)cc3c(c2Cl)CCC3(O)C(F)(F)F)no1. The Morgan fingerprint density at radius 2 is 2.11 bits per heavy atom. The van der Waals surface area contributed by atoms with Crippen molar-refractivity contribution < 1.29 is 27.6 Å². The van der Waals surface area contributed by atoms with Crippen LogP contribution in [0.1, 0.15) is 29.0 Å². The molecule has 2 amide bonds. The van der Waals surface area contributed by atoms with Crippen molar-refractivity contribution in [1.29, 1.82) is 0 Å². The predicted octanol–water partition coefficient (Wildman–Crippen LogP) is 4.31. The van der Waals surface area contributed by atoms with Gasteiger partial charge in [-0.25, -0.2) is 4.79 Å². The molecule has 0 fully saturated rings. The summed E-state index contributed by atoms with van der Waals surface area (Å²) in [5.41, 5.74) is -2.85. The van der Waals surface area contributed by atoms with Gasteiger partial charge in [0.15, 0.2) is 5.60 Å². The largest absolute Gasteiger partial charge is 0.421 e. The molecule has 1 atom stereocenters. The van der Waals surface area contributed by atoms with Crippen LogP contribution in [0.4, 0.5) is 23.7 Å². The van der Waals surface area contributed by atoms with Crippen LogP contribution in [0.25, 0.3) is 0 Å². The lowest BCUT2D eigenvalue weighted by Crippen LogP contribution is -2.40. The van der Waals surface area contributed by atoms with Crippen molar-refractivity contribution in [2.24, 2.45) is 0 Å². The van der Waals surface area contributed by atoms with E-state index in [0.29, 0.717) is 11.5 Å². The zero-order valence-electron chi connectivity index (χ0n) is 13.9. The first-order valence-corrected chi connectivity index (χ1v) is 8.56. The molecule has 1 aromatic heterocycles. The Morgan fingerprint density at radius 3 is 2.70 bits per heavy atom. The summed E-state index contributed by atoms with van der Waals surface area (Å²) < 4.78 is 44.6. The van der Waals surface area contributed by atoms with Crippen LogP contribution in [0.15, 0.2) is 16.7 Å². The molecule has 146 valence electrons. The van der Waals surface area contributed by atoms with E-state index in [1.807, 2.05) is 0 Å². The molecule has 3 N–H and O–H groups in total. The van der Waals surface area contributed by atoms with Crippen LogP contribution in [0.2, 0.25) is 10.0 Å². The molecular weight excluding hydrogens is 410 g/mol. The molecule has 0 spiro atoms. The number of carbonyl (C=O) groups is 1. The number of nitrogens with one attached hydrogen (secondary N) is 2. The van der Waals surface area contributed by atoms with Crippen LogP contribution < -0.4 is 10.6 Å². The Hall–Kier alpha value is -1.97. The summed E-state index contributed by atoms with van der Waals surface area (Å²) in [6, 6.07) is 1.94. The van der Waals surface area contributed by atoms with Crippen LogP contribution >= 0.6 is 23.2 Å². The van der Waals surface area contributed by atoms with Gasteiger partial charge in [-0.15, -0.1) is 0 Å². The molecule has 0 aliphatic heterocycles. The molecule has 1 aromatic carbocycles. The lowest BCUT2D eigenvalue weighted by molar-refractivity contribution is -0.265.